The number of fused-ring (bicyclic) bond motifs is 3. The van der Waals surface area contributed by atoms with Gasteiger partial charge in [-0.2, -0.15) is 0 Å². The summed E-state index contributed by atoms with van der Waals surface area (Å²) in [5.41, 5.74) is 6.31. The molecule has 2 aliphatic carbocycles. The molecule has 30 heavy (non-hydrogen) atoms. The van der Waals surface area contributed by atoms with E-state index >= 15 is 0 Å². The van der Waals surface area contributed by atoms with E-state index in [1.807, 2.05) is 6.08 Å². The highest BCUT2D eigenvalue weighted by atomic mass is 16.2. The van der Waals surface area contributed by atoms with Gasteiger partial charge in [-0.1, -0.05) is 54.6 Å². The van der Waals surface area contributed by atoms with Crippen molar-refractivity contribution in [2.75, 3.05) is 0 Å². The number of allylic oxidation sites excluding steroid dienone is 5. The van der Waals surface area contributed by atoms with Gasteiger partial charge in [-0.3, -0.25) is 9.59 Å². The molecule has 0 fully saturated rings. The Labute approximate surface area is 174 Å². The van der Waals surface area contributed by atoms with E-state index in [9.17, 15) is 9.59 Å². The molecule has 6 rings (SSSR count). The van der Waals surface area contributed by atoms with Crippen LogP contribution in [0, 0.1) is 0 Å². The zero-order valence-electron chi connectivity index (χ0n) is 16.4. The van der Waals surface area contributed by atoms with Gasteiger partial charge in [-0.15, -0.1) is 0 Å². The second kappa shape index (κ2) is 6.39. The van der Waals surface area contributed by atoms with Crippen LogP contribution in [0.1, 0.15) is 38.3 Å². The quantitative estimate of drug-likeness (QED) is 0.436. The first-order valence-electron chi connectivity index (χ1n) is 10.2. The molecule has 0 atom stereocenters. The maximum Gasteiger partial charge on any atom is 0.197 e. The molecule has 3 aromatic rings. The molecule has 0 spiro atoms. The lowest BCUT2D eigenvalue weighted by Gasteiger charge is -2.19. The highest BCUT2D eigenvalue weighted by molar-refractivity contribution is 6.39. The minimum Gasteiger partial charge on any atom is -0.366 e. The molecule has 0 bridgehead atoms. The molecule has 3 nitrogen and oxygen atoms in total. The number of benzene rings is 3. The number of hydrogen-bond donors (Lipinski definition) is 0. The summed E-state index contributed by atoms with van der Waals surface area (Å²) in [6.07, 6.45) is 6.68. The van der Waals surface area contributed by atoms with Crippen LogP contribution in [0.3, 0.4) is 0 Å². The van der Waals surface area contributed by atoms with Crippen molar-refractivity contribution in [1.29, 1.82) is 0 Å². The number of Topliss-reactive ketones (excluding diaryl/α,β-unsaturated/α-hetero) is 2. The van der Waals surface area contributed by atoms with Crippen molar-refractivity contribution in [1.82, 2.24) is 4.90 Å². The van der Waals surface area contributed by atoms with Crippen molar-refractivity contribution in [3.8, 4) is 0 Å². The third kappa shape index (κ3) is 2.59. The number of hydrogen-bond acceptors (Lipinski definition) is 3. The first-order valence-corrected chi connectivity index (χ1v) is 10.2. The summed E-state index contributed by atoms with van der Waals surface area (Å²) in [6, 6.07) is 20.1. The van der Waals surface area contributed by atoms with Crippen LogP contribution in [0.4, 0.5) is 0 Å². The van der Waals surface area contributed by atoms with Gasteiger partial charge in [-0.05, 0) is 51.8 Å². The summed E-state index contributed by atoms with van der Waals surface area (Å²) < 4.78 is 0. The van der Waals surface area contributed by atoms with Crippen molar-refractivity contribution in [2.45, 2.75) is 19.5 Å². The van der Waals surface area contributed by atoms with E-state index in [-0.39, 0.29) is 17.1 Å². The highest BCUT2D eigenvalue weighted by Gasteiger charge is 2.33. The van der Waals surface area contributed by atoms with E-state index in [1.165, 1.54) is 27.6 Å². The topological polar surface area (TPSA) is 37.4 Å². The largest absolute Gasteiger partial charge is 0.366 e. The van der Waals surface area contributed by atoms with E-state index in [0.29, 0.717) is 11.1 Å². The zero-order chi connectivity index (χ0) is 20.2. The maximum atomic E-state index is 12.7. The Morgan fingerprint density at radius 3 is 1.90 bits per heavy atom. The van der Waals surface area contributed by atoms with Crippen LogP contribution in [-0.4, -0.2) is 16.5 Å². The zero-order valence-corrected chi connectivity index (χ0v) is 16.4. The van der Waals surface area contributed by atoms with Gasteiger partial charge in [0.25, 0.3) is 0 Å². The number of carbonyl (C=O) groups is 2. The molecule has 3 aliphatic rings. The second-order valence-electron chi connectivity index (χ2n) is 8.16. The number of rotatable bonds is 2. The molecule has 0 saturated carbocycles. The molecule has 3 heteroatoms. The molecule has 0 saturated heterocycles. The second-order valence-corrected chi connectivity index (χ2v) is 8.16. The molecule has 144 valence electrons. The molecule has 0 N–H and O–H groups in total. The Morgan fingerprint density at radius 2 is 1.30 bits per heavy atom. The standard InChI is InChI=1S/C27H19NO2/c29-26-23-7-3-4-8-24(23)27(30)25(26)12-17-9-10-22(11-17)28-15-20-13-18-5-1-2-6-19(18)14-21(20)16-28/h1-10,12-14H,11,15-16H2. The first-order chi connectivity index (χ1) is 14.7. The van der Waals surface area contributed by atoms with Crippen LogP contribution in [0.25, 0.3) is 10.8 Å². The van der Waals surface area contributed by atoms with E-state index < -0.39 is 0 Å². The summed E-state index contributed by atoms with van der Waals surface area (Å²) in [5.74, 6) is -0.324. The Balaban J connectivity index is 1.21. The van der Waals surface area contributed by atoms with E-state index in [0.717, 1.165) is 25.1 Å². The Hall–Kier alpha value is -3.72. The van der Waals surface area contributed by atoms with Crippen molar-refractivity contribution in [3.05, 3.63) is 118 Å². The van der Waals surface area contributed by atoms with E-state index in [2.05, 4.69) is 47.4 Å². The average Bonchev–Trinajstić information content (AvgIpc) is 3.46. The van der Waals surface area contributed by atoms with Gasteiger partial charge in [0.15, 0.2) is 11.6 Å². The average molecular weight is 389 g/mol. The van der Waals surface area contributed by atoms with Crippen molar-refractivity contribution in [2.24, 2.45) is 0 Å². The Bertz CT molecular complexity index is 1270. The number of carbonyl (C=O) groups excluding carboxylic acids is 2. The van der Waals surface area contributed by atoms with E-state index in [1.54, 1.807) is 30.3 Å². The summed E-state index contributed by atoms with van der Waals surface area (Å²) in [6.45, 7) is 1.79. The van der Waals surface area contributed by atoms with Gasteiger partial charge < -0.3 is 4.90 Å². The molecule has 0 aromatic heterocycles. The third-order valence-electron chi connectivity index (χ3n) is 6.31. The molecule has 0 amide bonds. The monoisotopic (exact) mass is 389 g/mol. The number of ketones is 2. The summed E-state index contributed by atoms with van der Waals surface area (Å²) in [5, 5.41) is 2.56. The van der Waals surface area contributed by atoms with Crippen molar-refractivity contribution < 1.29 is 9.59 Å². The normalized spacial score (nSPS) is 17.3. The first kappa shape index (κ1) is 17.2. The van der Waals surface area contributed by atoms with Crippen LogP contribution >= 0.6 is 0 Å². The van der Waals surface area contributed by atoms with Crippen LogP contribution < -0.4 is 0 Å². The lowest BCUT2D eigenvalue weighted by atomic mass is 10.0. The van der Waals surface area contributed by atoms with Crippen LogP contribution in [0.2, 0.25) is 0 Å². The molecular weight excluding hydrogens is 370 g/mol. The van der Waals surface area contributed by atoms with Crippen molar-refractivity contribution in [3.63, 3.8) is 0 Å². The van der Waals surface area contributed by atoms with Gasteiger partial charge in [0, 0.05) is 36.3 Å². The predicted molar refractivity (Wildman–Crippen MR) is 117 cm³/mol. The summed E-state index contributed by atoms with van der Waals surface area (Å²) >= 11 is 0. The lowest BCUT2D eigenvalue weighted by molar-refractivity contribution is 0.0988. The van der Waals surface area contributed by atoms with Crippen LogP contribution in [0.5, 0.6) is 0 Å². The SMILES string of the molecule is O=C1C(=CC2=CC=C(N3Cc4cc5ccccc5cc4C3)C2)C(=O)c2ccccc21. The fourth-order valence-electron chi connectivity index (χ4n) is 4.73. The predicted octanol–water partition coefficient (Wildman–Crippen LogP) is 5.38. The molecule has 0 radical (unpaired) electrons. The minimum absolute atomic E-state index is 0.162. The van der Waals surface area contributed by atoms with Crippen molar-refractivity contribution >= 4 is 22.3 Å². The fraction of sp³-hybridized carbons (Fsp3) is 0.111. The number of nitrogens with zero attached hydrogens (tertiary/aromatic N) is 1. The minimum atomic E-state index is -0.162. The van der Waals surface area contributed by atoms with E-state index in [4.69, 9.17) is 0 Å². The Kier molecular flexibility index (Phi) is 3.66. The van der Waals surface area contributed by atoms with Crippen LogP contribution in [0.15, 0.2) is 95.7 Å². The summed E-state index contributed by atoms with van der Waals surface area (Å²) in [7, 11) is 0. The molecule has 0 unspecified atom stereocenters. The molecule has 1 heterocycles. The molecule has 3 aromatic carbocycles. The lowest BCUT2D eigenvalue weighted by Crippen LogP contribution is -2.14. The smallest absolute Gasteiger partial charge is 0.197 e. The van der Waals surface area contributed by atoms with Gasteiger partial charge in [0.1, 0.15) is 0 Å². The Morgan fingerprint density at radius 1 is 0.733 bits per heavy atom. The molecule has 1 aliphatic heterocycles. The highest BCUT2D eigenvalue weighted by Crippen LogP contribution is 2.35. The summed E-state index contributed by atoms with van der Waals surface area (Å²) in [4.78, 5) is 27.7. The third-order valence-corrected chi connectivity index (χ3v) is 6.31. The van der Waals surface area contributed by atoms with Gasteiger partial charge >= 0.3 is 0 Å². The fourth-order valence-corrected chi connectivity index (χ4v) is 4.73. The van der Waals surface area contributed by atoms with Gasteiger partial charge in [0.2, 0.25) is 0 Å². The van der Waals surface area contributed by atoms with Gasteiger partial charge in [0.05, 0.1) is 5.57 Å². The molecular formula is C27H19NO2. The van der Waals surface area contributed by atoms with Gasteiger partial charge in [-0.25, -0.2) is 0 Å². The maximum absolute atomic E-state index is 12.7. The van der Waals surface area contributed by atoms with Crippen LogP contribution in [-0.2, 0) is 13.1 Å².